The van der Waals surface area contributed by atoms with Crippen molar-refractivity contribution in [2.45, 2.75) is 51.0 Å². The predicted molar refractivity (Wildman–Crippen MR) is 113 cm³/mol. The summed E-state index contributed by atoms with van der Waals surface area (Å²) >= 11 is 1.31. The predicted octanol–water partition coefficient (Wildman–Crippen LogP) is 5.57. The summed E-state index contributed by atoms with van der Waals surface area (Å²) in [7, 11) is 0. The van der Waals surface area contributed by atoms with Crippen molar-refractivity contribution in [2.24, 2.45) is 11.3 Å². The molecular formula is C24H24O4S. The summed E-state index contributed by atoms with van der Waals surface area (Å²) < 4.78 is 6.53. The van der Waals surface area contributed by atoms with E-state index in [1.807, 2.05) is 18.2 Å². The molecule has 1 aromatic heterocycles. The van der Waals surface area contributed by atoms with Gasteiger partial charge in [0.15, 0.2) is 5.78 Å². The number of fused-ring (bicyclic) bond motifs is 7. The zero-order valence-electron chi connectivity index (χ0n) is 16.8. The first-order valence-electron chi connectivity index (χ1n) is 10.1. The number of benzene rings is 1. The second-order valence-electron chi connectivity index (χ2n) is 9.29. The second-order valence-corrected chi connectivity index (χ2v) is 10.2. The fraction of sp³-hybridized carbons (Fsp3) is 0.417. The molecule has 4 unspecified atom stereocenters. The van der Waals surface area contributed by atoms with Crippen LogP contribution in [0.15, 0.2) is 35.7 Å². The van der Waals surface area contributed by atoms with Gasteiger partial charge in [-0.25, -0.2) is 4.79 Å². The Labute approximate surface area is 174 Å². The monoisotopic (exact) mass is 408 g/mol. The van der Waals surface area contributed by atoms with Crippen LogP contribution in [0.1, 0.15) is 71.2 Å². The van der Waals surface area contributed by atoms with Crippen LogP contribution in [-0.2, 0) is 5.41 Å². The first kappa shape index (κ1) is 18.6. The number of thiophene rings is 1. The second kappa shape index (κ2) is 5.82. The minimum absolute atomic E-state index is 0.0800. The van der Waals surface area contributed by atoms with Crippen molar-refractivity contribution in [2.75, 3.05) is 0 Å². The SMILES string of the molecule is CC12CCC(C1)C1(C)Oc3ccc(C(=O)/C=C/c4cc(C(=O)O)cs4)cc3C21C. The van der Waals surface area contributed by atoms with Crippen LogP contribution in [0.5, 0.6) is 5.75 Å². The Bertz CT molecular complexity index is 1080. The summed E-state index contributed by atoms with van der Waals surface area (Å²) in [5.41, 5.74) is 1.95. The summed E-state index contributed by atoms with van der Waals surface area (Å²) in [6.07, 6.45) is 6.81. The summed E-state index contributed by atoms with van der Waals surface area (Å²) in [6, 6.07) is 7.38. The Balaban J connectivity index is 1.47. The molecule has 29 heavy (non-hydrogen) atoms. The van der Waals surface area contributed by atoms with E-state index >= 15 is 0 Å². The van der Waals surface area contributed by atoms with Crippen LogP contribution in [-0.4, -0.2) is 22.5 Å². The minimum atomic E-state index is -0.957. The van der Waals surface area contributed by atoms with Crippen molar-refractivity contribution in [3.63, 3.8) is 0 Å². The van der Waals surface area contributed by atoms with Gasteiger partial charge in [-0.05, 0) is 73.9 Å². The normalized spacial score (nSPS) is 34.2. The largest absolute Gasteiger partial charge is 0.486 e. The van der Waals surface area contributed by atoms with Gasteiger partial charge in [0.05, 0.1) is 5.56 Å². The van der Waals surface area contributed by atoms with Gasteiger partial charge in [0.1, 0.15) is 11.4 Å². The summed E-state index contributed by atoms with van der Waals surface area (Å²) in [4.78, 5) is 24.6. The number of carboxylic acid groups (broad SMARTS) is 1. The zero-order valence-corrected chi connectivity index (χ0v) is 17.6. The molecule has 0 spiro atoms. The van der Waals surface area contributed by atoms with E-state index in [2.05, 4.69) is 20.8 Å². The Morgan fingerprint density at radius 2 is 2.00 bits per heavy atom. The molecule has 2 heterocycles. The van der Waals surface area contributed by atoms with Gasteiger partial charge in [0.25, 0.3) is 0 Å². The maximum atomic E-state index is 12.8. The maximum Gasteiger partial charge on any atom is 0.336 e. The molecule has 5 heteroatoms. The lowest BCUT2D eigenvalue weighted by atomic mass is 9.56. The van der Waals surface area contributed by atoms with Crippen molar-refractivity contribution in [3.05, 3.63) is 57.3 Å². The number of allylic oxidation sites excluding steroid dienone is 1. The van der Waals surface area contributed by atoms with Gasteiger partial charge < -0.3 is 9.84 Å². The van der Waals surface area contributed by atoms with Crippen LogP contribution in [0, 0.1) is 11.3 Å². The molecule has 150 valence electrons. The molecule has 2 saturated carbocycles. The number of carboxylic acids is 1. The average Bonchev–Trinajstić information content (AvgIpc) is 3.40. The van der Waals surface area contributed by atoms with E-state index in [0.717, 1.165) is 16.2 Å². The molecule has 1 aromatic carbocycles. The summed E-state index contributed by atoms with van der Waals surface area (Å²) in [6.45, 7) is 6.95. The van der Waals surface area contributed by atoms with E-state index in [1.165, 1.54) is 36.7 Å². The van der Waals surface area contributed by atoms with Crippen molar-refractivity contribution in [1.82, 2.24) is 0 Å². The Hall–Kier alpha value is -2.40. The fourth-order valence-electron chi connectivity index (χ4n) is 6.15. The van der Waals surface area contributed by atoms with Crippen LogP contribution in [0.2, 0.25) is 0 Å². The molecule has 1 aliphatic heterocycles. The Morgan fingerprint density at radius 1 is 1.21 bits per heavy atom. The van der Waals surface area contributed by atoms with Gasteiger partial charge in [0, 0.05) is 26.8 Å². The van der Waals surface area contributed by atoms with E-state index in [4.69, 9.17) is 9.84 Å². The number of carbonyl (C=O) groups excluding carboxylic acids is 1. The molecule has 2 aromatic rings. The number of hydrogen-bond donors (Lipinski definition) is 1. The van der Waals surface area contributed by atoms with Gasteiger partial charge in [-0.15, -0.1) is 11.3 Å². The Kier molecular flexibility index (Phi) is 3.74. The number of ether oxygens (including phenoxy) is 1. The van der Waals surface area contributed by atoms with Crippen LogP contribution >= 0.6 is 11.3 Å². The van der Waals surface area contributed by atoms with E-state index in [-0.39, 0.29) is 27.8 Å². The third-order valence-corrected chi connectivity index (χ3v) is 9.01. The Morgan fingerprint density at radius 3 is 2.72 bits per heavy atom. The average molecular weight is 409 g/mol. The van der Waals surface area contributed by atoms with E-state index in [0.29, 0.717) is 11.5 Å². The van der Waals surface area contributed by atoms with Gasteiger partial charge >= 0.3 is 5.97 Å². The molecule has 3 aliphatic rings. The summed E-state index contributed by atoms with van der Waals surface area (Å²) in [5.74, 6) is 0.439. The van der Waals surface area contributed by atoms with Crippen LogP contribution < -0.4 is 4.74 Å². The smallest absolute Gasteiger partial charge is 0.336 e. The molecule has 4 atom stereocenters. The third kappa shape index (κ3) is 2.31. The highest BCUT2D eigenvalue weighted by atomic mass is 32.1. The molecular weight excluding hydrogens is 384 g/mol. The fourth-order valence-corrected chi connectivity index (χ4v) is 6.92. The highest BCUT2D eigenvalue weighted by molar-refractivity contribution is 7.11. The number of carbonyl (C=O) groups is 2. The van der Waals surface area contributed by atoms with Crippen molar-refractivity contribution in [3.8, 4) is 5.75 Å². The standard InChI is InChI=1S/C24H24O4S/c1-22-9-8-16(12-22)24(3)23(22,2)18-11-14(4-7-20(18)28-24)19(25)6-5-17-10-15(13-29-17)21(26)27/h4-7,10-11,13,16H,8-9,12H2,1-3H3,(H,26,27)/b6-5+. The molecule has 2 aliphatic carbocycles. The lowest BCUT2D eigenvalue weighted by Gasteiger charge is -2.48. The van der Waals surface area contributed by atoms with Crippen molar-refractivity contribution < 1.29 is 19.4 Å². The van der Waals surface area contributed by atoms with Crippen molar-refractivity contribution in [1.29, 1.82) is 0 Å². The molecule has 2 bridgehead atoms. The summed E-state index contributed by atoms with van der Waals surface area (Å²) in [5, 5.41) is 10.6. The molecule has 4 nitrogen and oxygen atoms in total. The van der Waals surface area contributed by atoms with Crippen LogP contribution in [0.4, 0.5) is 0 Å². The van der Waals surface area contributed by atoms with Gasteiger partial charge in [-0.2, -0.15) is 0 Å². The van der Waals surface area contributed by atoms with Crippen LogP contribution in [0.25, 0.3) is 6.08 Å². The topological polar surface area (TPSA) is 63.6 Å². The lowest BCUT2D eigenvalue weighted by molar-refractivity contribution is -0.0260. The molecule has 0 saturated heterocycles. The van der Waals surface area contributed by atoms with Gasteiger partial charge in [0.2, 0.25) is 0 Å². The molecule has 0 radical (unpaired) electrons. The maximum absolute atomic E-state index is 12.8. The molecule has 1 N–H and O–H groups in total. The first-order chi connectivity index (χ1) is 13.7. The number of hydrogen-bond acceptors (Lipinski definition) is 4. The minimum Gasteiger partial charge on any atom is -0.486 e. The number of aromatic carboxylic acids is 1. The van der Waals surface area contributed by atoms with Crippen molar-refractivity contribution >= 4 is 29.2 Å². The van der Waals surface area contributed by atoms with E-state index in [1.54, 1.807) is 17.5 Å². The highest BCUT2D eigenvalue weighted by Crippen LogP contribution is 2.73. The van der Waals surface area contributed by atoms with Gasteiger partial charge in [-0.3, -0.25) is 4.79 Å². The molecule has 5 rings (SSSR count). The number of rotatable bonds is 4. The van der Waals surface area contributed by atoms with E-state index < -0.39 is 5.97 Å². The molecule has 2 fully saturated rings. The van der Waals surface area contributed by atoms with Gasteiger partial charge in [-0.1, -0.05) is 13.8 Å². The number of ketones is 1. The van der Waals surface area contributed by atoms with Crippen LogP contribution in [0.3, 0.4) is 0 Å². The quantitative estimate of drug-likeness (QED) is 0.530. The van der Waals surface area contributed by atoms with E-state index in [9.17, 15) is 9.59 Å². The zero-order chi connectivity index (χ0) is 20.6. The highest BCUT2D eigenvalue weighted by Gasteiger charge is 2.73. The third-order valence-electron chi connectivity index (χ3n) is 8.11. The first-order valence-corrected chi connectivity index (χ1v) is 10.9. The molecule has 0 amide bonds. The lowest BCUT2D eigenvalue weighted by Crippen LogP contribution is -2.54.